The number of likely N-dealkylation sites (tertiary alicyclic amines) is 1. The Morgan fingerprint density at radius 3 is 2.06 bits per heavy atom. The molecular weight excluding hydrogens is 427 g/mol. The molecule has 2 bridgehead atoms. The zero-order valence-corrected chi connectivity index (χ0v) is 18.2. The van der Waals surface area contributed by atoms with Crippen molar-refractivity contribution in [2.75, 3.05) is 13.1 Å². The van der Waals surface area contributed by atoms with E-state index in [0.29, 0.717) is 23.3 Å². The molecule has 1 aliphatic carbocycles. The summed E-state index contributed by atoms with van der Waals surface area (Å²) in [6.07, 6.45) is -2.34. The lowest BCUT2D eigenvalue weighted by atomic mass is 9.94. The number of halogens is 3. The minimum atomic E-state index is -4.45. The highest BCUT2D eigenvalue weighted by molar-refractivity contribution is 5.46. The van der Waals surface area contributed by atoms with Gasteiger partial charge in [-0.25, -0.2) is 0 Å². The Labute approximate surface area is 191 Å². The van der Waals surface area contributed by atoms with E-state index in [4.69, 9.17) is 9.47 Å². The van der Waals surface area contributed by atoms with Gasteiger partial charge in [-0.1, -0.05) is 48.5 Å². The minimum absolute atomic E-state index is 0.0214. The number of alkyl halides is 3. The molecule has 0 amide bonds. The van der Waals surface area contributed by atoms with Crippen molar-refractivity contribution in [1.82, 2.24) is 4.90 Å². The van der Waals surface area contributed by atoms with Crippen molar-refractivity contribution < 1.29 is 22.6 Å². The highest BCUT2D eigenvalue weighted by atomic mass is 19.4. The first-order valence-corrected chi connectivity index (χ1v) is 11.3. The van der Waals surface area contributed by atoms with Crippen molar-refractivity contribution in [1.29, 1.82) is 0 Å². The lowest BCUT2D eigenvalue weighted by Crippen LogP contribution is -2.46. The number of rotatable bonds is 6. The van der Waals surface area contributed by atoms with Gasteiger partial charge in [0.2, 0.25) is 0 Å². The van der Waals surface area contributed by atoms with Gasteiger partial charge in [0, 0.05) is 31.5 Å². The number of ether oxygens (including phenoxy) is 2. The maximum atomic E-state index is 13.4. The summed E-state index contributed by atoms with van der Waals surface area (Å²) in [5.74, 6) is 1.63. The summed E-state index contributed by atoms with van der Waals surface area (Å²) in [6.45, 7) is 2.75. The molecule has 0 spiro atoms. The summed E-state index contributed by atoms with van der Waals surface area (Å²) < 4.78 is 52.3. The summed E-state index contributed by atoms with van der Waals surface area (Å²) in [5, 5.41) is 0. The fourth-order valence-corrected chi connectivity index (χ4v) is 5.06. The Morgan fingerprint density at radius 2 is 1.42 bits per heavy atom. The van der Waals surface area contributed by atoms with Gasteiger partial charge in [-0.3, -0.25) is 4.90 Å². The SMILES string of the molecule is FC(F)(F)c1ccc(OC2[C@@H]3CC[C@H]2CN(Cc2ccccc2)C3)c(Oc2ccccc2)c1. The van der Waals surface area contributed by atoms with Crippen LogP contribution < -0.4 is 9.47 Å². The molecule has 0 aromatic heterocycles. The van der Waals surface area contributed by atoms with E-state index in [1.807, 2.05) is 12.1 Å². The van der Waals surface area contributed by atoms with Crippen molar-refractivity contribution in [3.63, 3.8) is 0 Å². The highest BCUT2D eigenvalue weighted by Gasteiger charge is 2.44. The Morgan fingerprint density at radius 1 is 0.788 bits per heavy atom. The van der Waals surface area contributed by atoms with Crippen molar-refractivity contribution in [3.05, 3.63) is 90.0 Å². The number of hydrogen-bond acceptors (Lipinski definition) is 3. The largest absolute Gasteiger partial charge is 0.486 e. The first-order valence-electron chi connectivity index (χ1n) is 11.3. The summed E-state index contributed by atoms with van der Waals surface area (Å²) >= 11 is 0. The van der Waals surface area contributed by atoms with Crippen LogP contribution in [0.1, 0.15) is 24.0 Å². The summed E-state index contributed by atoms with van der Waals surface area (Å²) in [4.78, 5) is 2.46. The minimum Gasteiger partial charge on any atom is -0.486 e. The van der Waals surface area contributed by atoms with Crippen LogP contribution in [0.5, 0.6) is 17.2 Å². The molecule has 2 aliphatic rings. The van der Waals surface area contributed by atoms with Gasteiger partial charge < -0.3 is 9.47 Å². The number of nitrogens with zero attached hydrogens (tertiary/aromatic N) is 1. The van der Waals surface area contributed by atoms with Gasteiger partial charge in [0.05, 0.1) is 5.56 Å². The number of hydrogen-bond donors (Lipinski definition) is 0. The maximum absolute atomic E-state index is 13.4. The van der Waals surface area contributed by atoms with E-state index in [-0.39, 0.29) is 11.9 Å². The van der Waals surface area contributed by atoms with E-state index < -0.39 is 11.7 Å². The van der Waals surface area contributed by atoms with Crippen LogP contribution in [-0.4, -0.2) is 24.1 Å². The molecule has 1 saturated carbocycles. The molecule has 0 radical (unpaired) electrons. The molecule has 5 rings (SSSR count). The monoisotopic (exact) mass is 453 g/mol. The average Bonchev–Trinajstić information content (AvgIpc) is 3.03. The van der Waals surface area contributed by atoms with Crippen LogP contribution in [0.15, 0.2) is 78.9 Å². The molecule has 1 unspecified atom stereocenters. The van der Waals surface area contributed by atoms with Crippen LogP contribution in [0.2, 0.25) is 0 Å². The van der Waals surface area contributed by atoms with Crippen molar-refractivity contribution in [2.24, 2.45) is 11.8 Å². The number of para-hydroxylation sites is 1. The Hall–Kier alpha value is -2.99. The van der Waals surface area contributed by atoms with Crippen LogP contribution in [0, 0.1) is 11.8 Å². The smallest absolute Gasteiger partial charge is 0.416 e. The molecule has 33 heavy (non-hydrogen) atoms. The van der Waals surface area contributed by atoms with Crippen LogP contribution in [0.4, 0.5) is 13.2 Å². The second kappa shape index (κ2) is 9.10. The Bertz CT molecular complexity index is 1060. The third-order valence-electron chi connectivity index (χ3n) is 6.58. The second-order valence-electron chi connectivity index (χ2n) is 8.93. The normalized spacial score (nSPS) is 22.8. The van der Waals surface area contributed by atoms with Gasteiger partial charge in [-0.15, -0.1) is 0 Å². The van der Waals surface area contributed by atoms with Crippen molar-refractivity contribution >= 4 is 0 Å². The van der Waals surface area contributed by atoms with E-state index >= 15 is 0 Å². The zero-order valence-electron chi connectivity index (χ0n) is 18.2. The molecule has 0 N–H and O–H groups in total. The predicted octanol–water partition coefficient (Wildman–Crippen LogP) is 6.79. The molecule has 3 aromatic carbocycles. The van der Waals surface area contributed by atoms with Gasteiger partial charge in [0.1, 0.15) is 11.9 Å². The van der Waals surface area contributed by atoms with E-state index in [0.717, 1.165) is 44.6 Å². The summed E-state index contributed by atoms with van der Waals surface area (Å²) in [7, 11) is 0. The van der Waals surface area contributed by atoms with Gasteiger partial charge in [-0.05, 0) is 48.7 Å². The molecule has 1 aliphatic heterocycles. The molecule has 3 aromatic rings. The molecule has 6 heteroatoms. The number of benzene rings is 3. The Kier molecular flexibility index (Phi) is 6.02. The van der Waals surface area contributed by atoms with Crippen molar-refractivity contribution in [2.45, 2.75) is 31.7 Å². The molecule has 2 fully saturated rings. The fraction of sp³-hybridized carbons (Fsp3) is 0.333. The number of piperidine rings is 1. The van der Waals surface area contributed by atoms with Crippen molar-refractivity contribution in [3.8, 4) is 17.2 Å². The zero-order chi connectivity index (χ0) is 22.8. The molecule has 1 heterocycles. The molecule has 1 saturated heterocycles. The van der Waals surface area contributed by atoms with Gasteiger partial charge in [0.25, 0.3) is 0 Å². The van der Waals surface area contributed by atoms with E-state index in [1.54, 1.807) is 24.3 Å². The lowest BCUT2D eigenvalue weighted by molar-refractivity contribution is -0.137. The Balaban J connectivity index is 1.34. The summed E-state index contributed by atoms with van der Waals surface area (Å²) in [5.41, 5.74) is 0.541. The first kappa shape index (κ1) is 21.8. The summed E-state index contributed by atoms with van der Waals surface area (Å²) in [6, 6.07) is 22.7. The van der Waals surface area contributed by atoms with Crippen LogP contribution in [0.25, 0.3) is 0 Å². The van der Waals surface area contributed by atoms with Crippen LogP contribution in [-0.2, 0) is 12.7 Å². The standard InChI is InChI=1S/C27H26F3NO2/c28-27(29,30)22-13-14-24(25(15-22)32-23-9-5-2-6-10-23)33-26-20-11-12-21(26)18-31(17-20)16-19-7-3-1-4-8-19/h1-10,13-15,20-21,26H,11-12,16-18H2/t20-,21+,26?. The second-order valence-corrected chi connectivity index (χ2v) is 8.93. The molecular formula is C27H26F3NO2. The van der Waals surface area contributed by atoms with Crippen LogP contribution >= 0.6 is 0 Å². The third-order valence-corrected chi connectivity index (χ3v) is 6.58. The quantitative estimate of drug-likeness (QED) is 0.410. The maximum Gasteiger partial charge on any atom is 0.416 e. The number of fused-ring (bicyclic) bond motifs is 2. The van der Waals surface area contributed by atoms with Crippen LogP contribution in [0.3, 0.4) is 0 Å². The van der Waals surface area contributed by atoms with Gasteiger partial charge in [0.15, 0.2) is 11.5 Å². The van der Waals surface area contributed by atoms with E-state index in [2.05, 4.69) is 29.2 Å². The van der Waals surface area contributed by atoms with E-state index in [1.165, 1.54) is 11.6 Å². The van der Waals surface area contributed by atoms with Gasteiger partial charge >= 0.3 is 6.18 Å². The highest BCUT2D eigenvalue weighted by Crippen LogP contribution is 2.44. The third kappa shape index (κ3) is 5.01. The molecule has 172 valence electrons. The topological polar surface area (TPSA) is 21.7 Å². The first-order chi connectivity index (χ1) is 16.0. The fourth-order valence-electron chi connectivity index (χ4n) is 5.06. The lowest BCUT2D eigenvalue weighted by Gasteiger charge is -2.38. The van der Waals surface area contributed by atoms with Gasteiger partial charge in [-0.2, -0.15) is 13.2 Å². The predicted molar refractivity (Wildman–Crippen MR) is 120 cm³/mol. The molecule has 3 nitrogen and oxygen atoms in total. The van der Waals surface area contributed by atoms with E-state index in [9.17, 15) is 13.2 Å². The average molecular weight is 454 g/mol. The molecule has 3 atom stereocenters.